The number of aliphatic hydroxyl groups excluding tert-OH is 2. The van der Waals surface area contributed by atoms with Crippen LogP contribution in [0.2, 0.25) is 0 Å². The summed E-state index contributed by atoms with van der Waals surface area (Å²) in [6, 6.07) is 0. The summed E-state index contributed by atoms with van der Waals surface area (Å²) in [5.74, 6) is 0.0344. The number of nitrogens with zero attached hydrogens (tertiary/aromatic N) is 10. The fourth-order valence-electron chi connectivity index (χ4n) is 5.94. The van der Waals surface area contributed by atoms with Gasteiger partial charge < -0.3 is 50.7 Å². The first kappa shape index (κ1) is 35.3. The van der Waals surface area contributed by atoms with Gasteiger partial charge >= 0.3 is 7.60 Å². The van der Waals surface area contributed by atoms with Crippen molar-refractivity contribution in [2.75, 3.05) is 50.9 Å². The molecular formula is C26H35N13O10P2. The van der Waals surface area contributed by atoms with Crippen molar-refractivity contribution in [1.82, 2.24) is 48.4 Å². The van der Waals surface area contributed by atoms with E-state index in [0.29, 0.717) is 11.2 Å². The Labute approximate surface area is 288 Å². The van der Waals surface area contributed by atoms with Crippen molar-refractivity contribution in [2.24, 2.45) is 0 Å². The maximum Gasteiger partial charge on any atom is 0.328 e. The number of hydrogen-bond acceptors (Lipinski definition) is 20. The number of nitrogens with two attached hydrogens (primary N) is 3. The lowest BCUT2D eigenvalue weighted by atomic mass is 10.1. The first-order valence-electron chi connectivity index (χ1n) is 15.3. The molecule has 10 atom stereocenters. The zero-order valence-electron chi connectivity index (χ0n) is 27.3. The average Bonchev–Trinajstić information content (AvgIpc) is 3.92. The molecule has 0 aromatic carbocycles. The lowest BCUT2D eigenvalue weighted by molar-refractivity contribution is -0.0559. The van der Waals surface area contributed by atoms with E-state index in [0.717, 1.165) is 0 Å². The Morgan fingerprint density at radius 1 is 0.824 bits per heavy atom. The lowest BCUT2D eigenvalue weighted by Crippen LogP contribution is -2.38. The molecule has 2 aliphatic heterocycles. The summed E-state index contributed by atoms with van der Waals surface area (Å²) < 4.78 is 67.2. The molecular weight excluding hydrogens is 716 g/mol. The summed E-state index contributed by atoms with van der Waals surface area (Å²) in [4.78, 5) is 28.6. The first-order chi connectivity index (χ1) is 24.3. The van der Waals surface area contributed by atoms with Gasteiger partial charge in [0.2, 0.25) is 5.95 Å². The molecule has 23 nitrogen and oxygen atoms in total. The van der Waals surface area contributed by atoms with Crippen LogP contribution >= 0.6 is 15.1 Å². The number of aliphatic hydroxyl groups is 2. The zero-order valence-corrected chi connectivity index (χ0v) is 29.0. The Balaban J connectivity index is 1.10. The third-order valence-corrected chi connectivity index (χ3v) is 11.4. The molecule has 5 aromatic heterocycles. The second kappa shape index (κ2) is 13.4. The van der Waals surface area contributed by atoms with Crippen LogP contribution in [-0.2, 0) is 36.9 Å². The van der Waals surface area contributed by atoms with Gasteiger partial charge in [0.05, 0.1) is 25.9 Å². The van der Waals surface area contributed by atoms with E-state index in [4.69, 9.17) is 45.0 Å². The number of rotatable bonds is 12. The first-order valence-corrected chi connectivity index (χ1v) is 19.3. The van der Waals surface area contributed by atoms with Crippen LogP contribution in [0.4, 0.5) is 17.6 Å². The van der Waals surface area contributed by atoms with Gasteiger partial charge in [-0.25, -0.2) is 24.9 Å². The zero-order chi connectivity index (χ0) is 36.2. The molecule has 0 spiro atoms. The van der Waals surface area contributed by atoms with Gasteiger partial charge in [-0.2, -0.15) is 9.97 Å². The second-order valence-corrected chi connectivity index (χ2v) is 16.2. The Morgan fingerprint density at radius 2 is 1.51 bits per heavy atom. The Bertz CT molecular complexity index is 2130. The van der Waals surface area contributed by atoms with E-state index in [-0.39, 0.29) is 35.4 Å². The Hall–Kier alpha value is -4.15. The van der Waals surface area contributed by atoms with Gasteiger partial charge in [-0.05, 0) is 0 Å². The molecule has 0 radical (unpaired) electrons. The topological polar surface area (TPSA) is 313 Å². The third-order valence-electron chi connectivity index (χ3n) is 8.47. The third kappa shape index (κ3) is 6.57. The summed E-state index contributed by atoms with van der Waals surface area (Å²) in [5, 5.41) is 21.7. The lowest BCUT2D eigenvalue weighted by Gasteiger charge is -2.27. The molecule has 2 aliphatic rings. The molecule has 0 bridgehead atoms. The number of fused-ring (bicyclic) bond motifs is 2. The standard InChI is InChI=1S/C26H35N13O10P2/c1-44-19-18(13(7-45-50(2,42)37-5-4-30-9-37)48-25(19)38-10-33-14-20(27)31-8-32-22(14)38)49-51(3,43)46-6-12-16(40)17(41)24(47-12)39-11-34-15-21(28)35-26(29)36-23(15)39/h4-5,8-13,16-19,24-25,40-41H,6-7H2,1-3H3,(H2,27,31,32)(H4,28,29,35,36)/t12-,13-,16-,17-,18-,19-,24-,25-,50?,51?/m1/s1. The minimum Gasteiger partial charge on any atom is -0.387 e. The van der Waals surface area contributed by atoms with E-state index in [2.05, 4.69) is 34.9 Å². The van der Waals surface area contributed by atoms with Crippen LogP contribution in [-0.4, -0.2) is 129 Å². The van der Waals surface area contributed by atoms with Crippen LogP contribution < -0.4 is 17.2 Å². The highest BCUT2D eigenvalue weighted by atomic mass is 31.2. The molecule has 5 aromatic rings. The highest BCUT2D eigenvalue weighted by Crippen LogP contribution is 2.51. The van der Waals surface area contributed by atoms with Gasteiger partial charge in [0.1, 0.15) is 60.3 Å². The van der Waals surface area contributed by atoms with Crippen LogP contribution in [0, 0.1) is 0 Å². The van der Waals surface area contributed by atoms with E-state index >= 15 is 0 Å². The van der Waals surface area contributed by atoms with Gasteiger partial charge in [-0.1, -0.05) is 0 Å². The van der Waals surface area contributed by atoms with Crippen LogP contribution in [0.25, 0.3) is 22.3 Å². The van der Waals surface area contributed by atoms with Crippen molar-refractivity contribution < 1.29 is 47.1 Å². The van der Waals surface area contributed by atoms with Gasteiger partial charge in [-0.15, -0.1) is 0 Å². The van der Waals surface area contributed by atoms with Crippen molar-refractivity contribution in [3.05, 3.63) is 37.7 Å². The predicted molar refractivity (Wildman–Crippen MR) is 176 cm³/mol. The molecule has 2 unspecified atom stereocenters. The summed E-state index contributed by atoms with van der Waals surface area (Å²) in [5.41, 5.74) is 18.7. The van der Waals surface area contributed by atoms with Crippen molar-refractivity contribution in [1.29, 1.82) is 0 Å². The summed E-state index contributed by atoms with van der Waals surface area (Å²) in [7, 11) is -6.09. The molecule has 0 saturated carbocycles. The van der Waals surface area contributed by atoms with Gasteiger partial charge in [0.25, 0.3) is 7.52 Å². The fourth-order valence-corrected chi connectivity index (χ4v) is 8.23. The normalized spacial score (nSPS) is 29.1. The van der Waals surface area contributed by atoms with Crippen molar-refractivity contribution in [2.45, 2.75) is 49.1 Å². The second-order valence-electron chi connectivity index (χ2n) is 11.9. The molecule has 0 amide bonds. The Morgan fingerprint density at radius 3 is 2.22 bits per heavy atom. The van der Waals surface area contributed by atoms with Crippen LogP contribution in [0.5, 0.6) is 0 Å². The largest absolute Gasteiger partial charge is 0.387 e. The quantitative estimate of drug-likeness (QED) is 0.103. The van der Waals surface area contributed by atoms with Crippen molar-refractivity contribution in [3.8, 4) is 0 Å². The minimum absolute atomic E-state index is 0.0199. The predicted octanol–water partition coefficient (Wildman–Crippen LogP) is -0.247. The number of methoxy groups -OCH3 is 1. The van der Waals surface area contributed by atoms with Crippen LogP contribution in [0.1, 0.15) is 12.5 Å². The number of anilines is 3. The monoisotopic (exact) mass is 751 g/mol. The molecule has 0 aliphatic carbocycles. The highest BCUT2D eigenvalue weighted by Gasteiger charge is 2.51. The minimum atomic E-state index is -4.05. The summed E-state index contributed by atoms with van der Waals surface area (Å²) >= 11 is 0. The molecule has 2 fully saturated rings. The van der Waals surface area contributed by atoms with Crippen LogP contribution in [0.15, 0.2) is 37.7 Å². The van der Waals surface area contributed by atoms with Gasteiger partial charge in [0.15, 0.2) is 35.4 Å². The molecule has 8 N–H and O–H groups in total. The maximum absolute atomic E-state index is 13.9. The van der Waals surface area contributed by atoms with Gasteiger partial charge in [0, 0.05) is 32.8 Å². The molecule has 25 heteroatoms. The average molecular weight is 752 g/mol. The van der Waals surface area contributed by atoms with Crippen LogP contribution in [0.3, 0.4) is 0 Å². The molecule has 51 heavy (non-hydrogen) atoms. The Kier molecular flexibility index (Phi) is 9.29. The molecule has 274 valence electrons. The van der Waals surface area contributed by atoms with Crippen molar-refractivity contribution >= 4 is 55.0 Å². The van der Waals surface area contributed by atoms with Gasteiger partial charge in [-0.3, -0.25) is 27.1 Å². The summed E-state index contributed by atoms with van der Waals surface area (Å²) in [6.07, 6.45) is -1.10. The molecule has 7 rings (SSSR count). The van der Waals surface area contributed by atoms with E-state index in [1.54, 1.807) is 4.57 Å². The number of imidazole rings is 3. The fraction of sp³-hybridized carbons (Fsp3) is 0.500. The van der Waals surface area contributed by atoms with E-state index in [1.807, 2.05) is 0 Å². The van der Waals surface area contributed by atoms with E-state index in [9.17, 15) is 19.3 Å². The smallest absolute Gasteiger partial charge is 0.328 e. The maximum atomic E-state index is 13.9. The SMILES string of the molecule is CO[C@@H]1[C@H](OP(C)(=O)OC[C@H]2O[C@@H](n3cnc4c(N)nc(N)nc43)[C@H](O)[C@@H]2O)[C@@H](COP(C)(=O)n2ccnc2)O[C@H]1n1cnc2c(N)ncnc21. The molecule has 7 heterocycles. The highest BCUT2D eigenvalue weighted by molar-refractivity contribution is 7.56. The number of hydrogen-bond donors (Lipinski definition) is 5. The summed E-state index contributed by atoms with van der Waals surface area (Å²) in [6.45, 7) is 1.84. The van der Waals surface area contributed by atoms with E-state index in [1.165, 1.54) is 67.0 Å². The number of nitrogen functional groups attached to an aromatic ring is 3. The number of ether oxygens (including phenoxy) is 3. The number of aromatic nitrogens is 10. The van der Waals surface area contributed by atoms with E-state index < -0.39 is 70.8 Å². The molecule has 2 saturated heterocycles. The van der Waals surface area contributed by atoms with Crippen molar-refractivity contribution in [3.63, 3.8) is 0 Å².